The molecule has 0 aliphatic carbocycles. The van der Waals surface area contributed by atoms with Gasteiger partial charge in [0.2, 0.25) is 0 Å². The van der Waals surface area contributed by atoms with Crippen LogP contribution in [-0.2, 0) is 9.59 Å². The molecule has 0 aromatic heterocycles. The molecule has 18 heavy (non-hydrogen) atoms. The molecule has 0 saturated carbocycles. The van der Waals surface area contributed by atoms with E-state index < -0.39 is 24.1 Å². The maximum atomic E-state index is 11.2. The summed E-state index contributed by atoms with van der Waals surface area (Å²) >= 11 is 0. The average Bonchev–Trinajstić information content (AvgIpc) is 2.77. The highest BCUT2D eigenvalue weighted by Gasteiger charge is 2.31. The summed E-state index contributed by atoms with van der Waals surface area (Å²) in [5.41, 5.74) is 0. The molecule has 2 atom stereocenters. The van der Waals surface area contributed by atoms with E-state index in [1.54, 1.807) is 0 Å². The highest BCUT2D eigenvalue weighted by Crippen LogP contribution is 2.24. The van der Waals surface area contributed by atoms with Gasteiger partial charge in [-0.1, -0.05) is 21.6 Å². The van der Waals surface area contributed by atoms with Crippen molar-refractivity contribution in [1.29, 1.82) is 0 Å². The third-order valence-corrected chi connectivity index (χ3v) is 4.69. The molecule has 1 unspecified atom stereocenters. The minimum atomic E-state index is -0.540. The van der Waals surface area contributed by atoms with Crippen LogP contribution >= 0.6 is 21.6 Å². The summed E-state index contributed by atoms with van der Waals surface area (Å²) in [7, 11) is 2.71. The Morgan fingerprint density at radius 3 is 1.44 bits per heavy atom. The van der Waals surface area contributed by atoms with Crippen molar-refractivity contribution < 1.29 is 19.2 Å². The number of urea groups is 2. The molecule has 2 saturated heterocycles. The van der Waals surface area contributed by atoms with E-state index in [2.05, 4.69) is 21.3 Å². The molecule has 2 aliphatic rings. The van der Waals surface area contributed by atoms with E-state index in [-0.39, 0.29) is 11.8 Å². The first-order chi connectivity index (χ1) is 8.56. The zero-order valence-corrected chi connectivity index (χ0v) is 10.7. The Balaban J connectivity index is 1.64. The molecule has 4 N–H and O–H groups in total. The van der Waals surface area contributed by atoms with E-state index in [0.29, 0.717) is 11.5 Å². The van der Waals surface area contributed by atoms with Crippen LogP contribution in [0, 0.1) is 0 Å². The van der Waals surface area contributed by atoms with Gasteiger partial charge in [0.15, 0.2) is 0 Å². The fraction of sp³-hybridized carbons (Fsp3) is 0.500. The topological polar surface area (TPSA) is 116 Å². The van der Waals surface area contributed by atoms with Gasteiger partial charge < -0.3 is 10.6 Å². The van der Waals surface area contributed by atoms with Crippen molar-refractivity contribution in [3.63, 3.8) is 0 Å². The second-order valence-corrected chi connectivity index (χ2v) is 6.15. The van der Waals surface area contributed by atoms with Crippen molar-refractivity contribution in [2.45, 2.75) is 12.1 Å². The van der Waals surface area contributed by atoms with Crippen LogP contribution in [0.5, 0.6) is 0 Å². The van der Waals surface area contributed by atoms with Gasteiger partial charge in [-0.15, -0.1) is 0 Å². The largest absolute Gasteiger partial charge is 0.325 e. The third-order valence-electron chi connectivity index (χ3n) is 2.27. The van der Waals surface area contributed by atoms with E-state index in [1.165, 1.54) is 21.6 Å². The highest BCUT2D eigenvalue weighted by molar-refractivity contribution is 8.76. The monoisotopic (exact) mass is 290 g/mol. The standard InChI is InChI=1S/C8H10N4O4S2/c13-5-3(9-7(15)11-5)1-17-18-2-4-6(14)12-8(16)10-4/h3-4H,1-2H2,(H2,9,11,13,15)(H2,10,12,14,16)/t3-,4?/m1/s1. The number of carbonyl (C=O) groups is 4. The normalized spacial score (nSPS) is 26.7. The Morgan fingerprint density at radius 2 is 1.17 bits per heavy atom. The van der Waals surface area contributed by atoms with Crippen molar-refractivity contribution in [2.24, 2.45) is 0 Å². The van der Waals surface area contributed by atoms with Gasteiger partial charge in [0.05, 0.1) is 0 Å². The molecule has 2 aliphatic heterocycles. The summed E-state index contributed by atoms with van der Waals surface area (Å²) < 4.78 is 0. The first kappa shape index (κ1) is 13.0. The number of hydrogen-bond acceptors (Lipinski definition) is 6. The Bertz CT molecular complexity index is 378. The number of hydrogen-bond donors (Lipinski definition) is 4. The lowest BCUT2D eigenvalue weighted by Gasteiger charge is -2.08. The fourth-order valence-corrected chi connectivity index (χ4v) is 3.71. The molecule has 8 nitrogen and oxygen atoms in total. The lowest BCUT2D eigenvalue weighted by Crippen LogP contribution is -2.32. The van der Waals surface area contributed by atoms with Gasteiger partial charge >= 0.3 is 12.1 Å². The molecule has 0 spiro atoms. The summed E-state index contributed by atoms with van der Waals surface area (Å²) in [6.45, 7) is 0. The second-order valence-electron chi connectivity index (χ2n) is 3.60. The van der Waals surface area contributed by atoms with Crippen LogP contribution in [0.2, 0.25) is 0 Å². The van der Waals surface area contributed by atoms with E-state index in [0.717, 1.165) is 0 Å². The first-order valence-corrected chi connectivity index (χ1v) is 7.52. The molecule has 2 rings (SSSR count). The first-order valence-electron chi connectivity index (χ1n) is 5.03. The Morgan fingerprint density at radius 1 is 0.778 bits per heavy atom. The van der Waals surface area contributed by atoms with E-state index in [1.807, 2.05) is 0 Å². The quantitative estimate of drug-likeness (QED) is 0.287. The summed E-state index contributed by atoms with van der Waals surface area (Å²) in [5, 5.41) is 9.19. The second kappa shape index (κ2) is 5.48. The summed E-state index contributed by atoms with van der Waals surface area (Å²) in [5.74, 6) is 0.120. The predicted octanol–water partition coefficient (Wildman–Crippen LogP) is -1.22. The smallest absolute Gasteiger partial charge is 0.322 e. The van der Waals surface area contributed by atoms with Crippen molar-refractivity contribution in [3.05, 3.63) is 0 Å². The molecule has 10 heteroatoms. The minimum absolute atomic E-state index is 0.347. The van der Waals surface area contributed by atoms with Gasteiger partial charge in [0, 0.05) is 11.5 Å². The molecule has 0 radical (unpaired) electrons. The minimum Gasteiger partial charge on any atom is -0.325 e. The van der Waals surface area contributed by atoms with Crippen molar-refractivity contribution in [2.75, 3.05) is 11.5 Å². The number of nitrogens with one attached hydrogen (secondary N) is 4. The lowest BCUT2D eigenvalue weighted by atomic mass is 10.3. The Kier molecular flexibility index (Phi) is 3.97. The van der Waals surface area contributed by atoms with Crippen LogP contribution in [0.1, 0.15) is 0 Å². The zero-order chi connectivity index (χ0) is 13.1. The number of carbonyl (C=O) groups excluding carboxylic acids is 4. The van der Waals surface area contributed by atoms with Gasteiger partial charge in [-0.2, -0.15) is 0 Å². The SMILES string of the molecule is O=C1NC(=O)C(CSSC[C@H]2NC(=O)NC2=O)N1. The van der Waals surface area contributed by atoms with Crippen LogP contribution in [0.3, 0.4) is 0 Å². The number of amides is 6. The van der Waals surface area contributed by atoms with Gasteiger partial charge in [-0.05, 0) is 0 Å². The number of rotatable bonds is 5. The van der Waals surface area contributed by atoms with Crippen LogP contribution < -0.4 is 21.3 Å². The molecule has 0 aromatic rings. The molecular weight excluding hydrogens is 280 g/mol. The molecule has 2 heterocycles. The van der Waals surface area contributed by atoms with Gasteiger partial charge in [-0.3, -0.25) is 20.2 Å². The zero-order valence-electron chi connectivity index (χ0n) is 9.02. The van der Waals surface area contributed by atoms with Crippen molar-refractivity contribution in [3.8, 4) is 0 Å². The molecule has 0 aromatic carbocycles. The Hall–Kier alpha value is -1.42. The van der Waals surface area contributed by atoms with Gasteiger partial charge in [0.1, 0.15) is 12.1 Å². The maximum Gasteiger partial charge on any atom is 0.322 e. The Labute approximate surface area is 110 Å². The third kappa shape index (κ3) is 3.07. The maximum absolute atomic E-state index is 11.2. The van der Waals surface area contributed by atoms with E-state index in [9.17, 15) is 19.2 Å². The van der Waals surface area contributed by atoms with E-state index >= 15 is 0 Å². The fourth-order valence-electron chi connectivity index (χ4n) is 1.38. The molecule has 6 amide bonds. The van der Waals surface area contributed by atoms with Crippen molar-refractivity contribution >= 4 is 45.5 Å². The molecular formula is C8H10N4O4S2. The highest BCUT2D eigenvalue weighted by atomic mass is 33.1. The number of imide groups is 2. The van der Waals surface area contributed by atoms with Crippen LogP contribution in [-0.4, -0.2) is 47.5 Å². The van der Waals surface area contributed by atoms with Gasteiger partial charge in [0.25, 0.3) is 11.8 Å². The van der Waals surface area contributed by atoms with Crippen LogP contribution in [0.25, 0.3) is 0 Å². The lowest BCUT2D eigenvalue weighted by molar-refractivity contribution is -0.120. The molecule has 2 fully saturated rings. The average molecular weight is 290 g/mol. The molecule has 0 bridgehead atoms. The summed E-state index contributed by atoms with van der Waals surface area (Å²) in [6.07, 6.45) is 0. The molecule has 98 valence electrons. The van der Waals surface area contributed by atoms with Gasteiger partial charge in [-0.25, -0.2) is 9.59 Å². The summed E-state index contributed by atoms with van der Waals surface area (Å²) in [4.78, 5) is 44.0. The van der Waals surface area contributed by atoms with Crippen molar-refractivity contribution in [1.82, 2.24) is 21.3 Å². The predicted molar refractivity (Wildman–Crippen MR) is 65.8 cm³/mol. The van der Waals surface area contributed by atoms with E-state index in [4.69, 9.17) is 0 Å². The van der Waals surface area contributed by atoms with Crippen LogP contribution in [0.15, 0.2) is 0 Å². The summed E-state index contributed by atoms with van der Waals surface area (Å²) in [6, 6.07) is -2.06. The van der Waals surface area contributed by atoms with Crippen LogP contribution in [0.4, 0.5) is 9.59 Å².